The molecule has 0 atom stereocenters. The Kier molecular flexibility index (Phi) is 12.4. The van der Waals surface area contributed by atoms with Crippen LogP contribution >= 0.6 is 37.2 Å². The maximum Gasteiger partial charge on any atom is 0.0594 e. The molecule has 13 heavy (non-hydrogen) atoms. The van der Waals surface area contributed by atoms with Gasteiger partial charge in [-0.25, -0.2) is 0 Å². The van der Waals surface area contributed by atoms with Crippen molar-refractivity contribution in [2.24, 2.45) is 5.92 Å². The molecule has 0 aromatic rings. The summed E-state index contributed by atoms with van der Waals surface area (Å²) in [6.45, 7) is 7.99. The molecule has 0 radical (unpaired) electrons. The topological polar surface area (TPSA) is 20.2 Å². The van der Waals surface area contributed by atoms with Crippen molar-refractivity contribution >= 4 is 37.2 Å². The first kappa shape index (κ1) is 16.6. The molecular formula is C10H20I2O. The molecule has 80 valence electrons. The van der Waals surface area contributed by atoms with E-state index in [1.807, 2.05) is 13.8 Å². The third kappa shape index (κ3) is 19.5. The summed E-state index contributed by atoms with van der Waals surface area (Å²) in [5, 5.41) is 9.35. The average molecular weight is 410 g/mol. The molecule has 0 aromatic heterocycles. The molecule has 0 aromatic carbocycles. The van der Waals surface area contributed by atoms with Crippen LogP contribution in [0.3, 0.4) is 0 Å². The first-order chi connectivity index (χ1) is 5.92. The Morgan fingerprint density at radius 2 is 1.77 bits per heavy atom. The summed E-state index contributed by atoms with van der Waals surface area (Å²) in [6, 6.07) is 0. The second-order valence-corrected chi connectivity index (χ2v) is 4.02. The summed E-state index contributed by atoms with van der Waals surface area (Å²) < 4.78 is 0. The second kappa shape index (κ2) is 9.71. The van der Waals surface area contributed by atoms with E-state index in [1.54, 1.807) is 0 Å². The van der Waals surface area contributed by atoms with Crippen molar-refractivity contribution in [2.45, 2.75) is 46.1 Å². The molecule has 0 saturated heterocycles. The lowest BCUT2D eigenvalue weighted by Gasteiger charge is -2.14. The molecule has 0 unspecified atom stereocenters. The standard InChI is InChI=1S/C10H20O.I2/c1-9(2)7-5-6-8-10(3,4)11;1-2/h5,7,9,11H,6,8H2,1-4H3;/b7-5+;. The second-order valence-electron chi connectivity index (χ2n) is 4.02. The zero-order valence-corrected chi connectivity index (χ0v) is 13.2. The van der Waals surface area contributed by atoms with Crippen LogP contribution in [0.5, 0.6) is 0 Å². The smallest absolute Gasteiger partial charge is 0.0594 e. The molecule has 0 aliphatic rings. The minimum atomic E-state index is -0.513. The molecule has 0 rings (SSSR count). The highest BCUT2D eigenvalue weighted by Gasteiger charge is 2.09. The third-order valence-corrected chi connectivity index (χ3v) is 1.44. The summed E-state index contributed by atoms with van der Waals surface area (Å²) in [5.74, 6) is 0.622. The van der Waals surface area contributed by atoms with Crippen molar-refractivity contribution in [3.8, 4) is 0 Å². The van der Waals surface area contributed by atoms with Gasteiger partial charge in [0.1, 0.15) is 0 Å². The van der Waals surface area contributed by atoms with Crippen LogP contribution in [0.1, 0.15) is 40.5 Å². The maximum atomic E-state index is 9.35. The van der Waals surface area contributed by atoms with Gasteiger partial charge in [0.25, 0.3) is 0 Å². The van der Waals surface area contributed by atoms with Crippen LogP contribution < -0.4 is 0 Å². The Balaban J connectivity index is 0. The highest BCUT2D eigenvalue weighted by molar-refractivity contribution is 15.0. The van der Waals surface area contributed by atoms with E-state index in [4.69, 9.17) is 0 Å². The monoisotopic (exact) mass is 410 g/mol. The normalized spacial score (nSPS) is 11.7. The molecule has 0 fully saturated rings. The Morgan fingerprint density at radius 1 is 1.31 bits per heavy atom. The summed E-state index contributed by atoms with van der Waals surface area (Å²) in [7, 11) is 0. The van der Waals surface area contributed by atoms with Crippen LogP contribution in [0.25, 0.3) is 0 Å². The molecule has 0 saturated carbocycles. The first-order valence-corrected chi connectivity index (χ1v) is 10.7. The van der Waals surface area contributed by atoms with E-state index in [1.165, 1.54) is 0 Å². The summed E-state index contributed by atoms with van der Waals surface area (Å²) in [4.78, 5) is 0. The van der Waals surface area contributed by atoms with Crippen molar-refractivity contribution in [3.05, 3.63) is 12.2 Å². The average Bonchev–Trinajstić information content (AvgIpc) is 2.00. The fourth-order valence-corrected chi connectivity index (χ4v) is 0.805. The quantitative estimate of drug-likeness (QED) is 0.534. The molecule has 0 bridgehead atoms. The van der Waals surface area contributed by atoms with E-state index in [-0.39, 0.29) is 0 Å². The van der Waals surface area contributed by atoms with Gasteiger partial charge in [-0.15, -0.1) is 0 Å². The van der Waals surface area contributed by atoms with Crippen LogP contribution in [0.2, 0.25) is 0 Å². The number of rotatable bonds is 4. The lowest BCUT2D eigenvalue weighted by Crippen LogP contribution is -2.17. The SMILES string of the molecule is CC(C)/C=C/CCC(C)(C)O.II. The highest BCUT2D eigenvalue weighted by atomic mass is 128. The Labute approximate surface area is 106 Å². The molecule has 0 spiro atoms. The van der Waals surface area contributed by atoms with E-state index in [9.17, 15) is 5.11 Å². The van der Waals surface area contributed by atoms with Gasteiger partial charge in [-0.1, -0.05) is 26.0 Å². The van der Waals surface area contributed by atoms with Crippen LogP contribution in [0.15, 0.2) is 12.2 Å². The van der Waals surface area contributed by atoms with Crippen molar-refractivity contribution in [2.75, 3.05) is 0 Å². The van der Waals surface area contributed by atoms with Crippen molar-refractivity contribution in [1.82, 2.24) is 0 Å². The zero-order valence-electron chi connectivity index (χ0n) is 8.85. The van der Waals surface area contributed by atoms with E-state index in [0.29, 0.717) is 5.92 Å². The molecule has 0 aliphatic carbocycles. The fourth-order valence-electron chi connectivity index (χ4n) is 0.805. The number of halogens is 2. The first-order valence-electron chi connectivity index (χ1n) is 4.45. The van der Waals surface area contributed by atoms with E-state index in [0.717, 1.165) is 12.8 Å². The molecule has 1 nitrogen and oxygen atoms in total. The number of hydrogen-bond donors (Lipinski definition) is 1. The third-order valence-electron chi connectivity index (χ3n) is 1.44. The van der Waals surface area contributed by atoms with Crippen LogP contribution in [-0.2, 0) is 0 Å². The lowest BCUT2D eigenvalue weighted by atomic mass is 10.0. The summed E-state index contributed by atoms with van der Waals surface area (Å²) in [5.41, 5.74) is -0.513. The molecule has 0 heterocycles. The number of hydrogen-bond acceptors (Lipinski definition) is 1. The zero-order chi connectivity index (χ0) is 10.9. The Morgan fingerprint density at radius 3 is 2.08 bits per heavy atom. The van der Waals surface area contributed by atoms with Gasteiger partial charge >= 0.3 is 0 Å². The van der Waals surface area contributed by atoms with Gasteiger partial charge in [0.05, 0.1) is 5.60 Å². The molecular weight excluding hydrogens is 390 g/mol. The summed E-state index contributed by atoms with van der Waals surface area (Å²) in [6.07, 6.45) is 6.13. The predicted molar refractivity (Wildman–Crippen MR) is 77.5 cm³/mol. The van der Waals surface area contributed by atoms with Gasteiger partial charge in [-0.2, -0.15) is 0 Å². The Bertz CT molecular complexity index is 125. The van der Waals surface area contributed by atoms with Crippen LogP contribution in [-0.4, -0.2) is 10.7 Å². The maximum absolute atomic E-state index is 9.35. The van der Waals surface area contributed by atoms with E-state index in [2.05, 4.69) is 63.2 Å². The largest absolute Gasteiger partial charge is 0.390 e. The Hall–Kier alpha value is 1.16. The minimum Gasteiger partial charge on any atom is -0.390 e. The highest BCUT2D eigenvalue weighted by Crippen LogP contribution is 2.10. The van der Waals surface area contributed by atoms with Gasteiger partial charge < -0.3 is 5.11 Å². The van der Waals surface area contributed by atoms with Gasteiger partial charge in [0, 0.05) is 37.2 Å². The van der Waals surface area contributed by atoms with Crippen molar-refractivity contribution in [3.63, 3.8) is 0 Å². The molecule has 1 N–H and O–H groups in total. The van der Waals surface area contributed by atoms with E-state index < -0.39 is 5.60 Å². The lowest BCUT2D eigenvalue weighted by molar-refractivity contribution is 0.0721. The predicted octanol–water partition coefficient (Wildman–Crippen LogP) is 4.52. The van der Waals surface area contributed by atoms with Gasteiger partial charge in [-0.05, 0) is 32.6 Å². The minimum absolute atomic E-state index is 0.513. The molecule has 0 amide bonds. The van der Waals surface area contributed by atoms with Crippen LogP contribution in [0, 0.1) is 5.92 Å². The molecule has 3 heteroatoms. The van der Waals surface area contributed by atoms with Crippen LogP contribution in [0.4, 0.5) is 0 Å². The van der Waals surface area contributed by atoms with Crippen molar-refractivity contribution < 1.29 is 5.11 Å². The van der Waals surface area contributed by atoms with Gasteiger partial charge in [0.2, 0.25) is 0 Å². The van der Waals surface area contributed by atoms with Gasteiger partial charge in [0.15, 0.2) is 0 Å². The number of allylic oxidation sites excluding steroid dienone is 2. The van der Waals surface area contributed by atoms with E-state index >= 15 is 0 Å². The van der Waals surface area contributed by atoms with Gasteiger partial charge in [-0.3, -0.25) is 0 Å². The molecule has 0 aliphatic heterocycles. The fraction of sp³-hybridized carbons (Fsp3) is 0.800. The summed E-state index contributed by atoms with van der Waals surface area (Å²) >= 11 is 4.24. The number of aliphatic hydroxyl groups is 1. The van der Waals surface area contributed by atoms with Crippen molar-refractivity contribution in [1.29, 1.82) is 0 Å².